The lowest BCUT2D eigenvalue weighted by Crippen LogP contribution is -2.45. The summed E-state index contributed by atoms with van der Waals surface area (Å²) in [5.74, 6) is 2.30. The van der Waals surface area contributed by atoms with Crippen LogP contribution < -0.4 is 25.3 Å². The summed E-state index contributed by atoms with van der Waals surface area (Å²) < 4.78 is 16.3. The number of nitrogens with zero attached hydrogens (tertiary/aromatic N) is 1. The van der Waals surface area contributed by atoms with E-state index < -0.39 is 0 Å². The van der Waals surface area contributed by atoms with Crippen LogP contribution in [-0.4, -0.2) is 48.2 Å². The molecule has 0 aromatic heterocycles. The molecule has 3 rings (SSSR count). The quantitative estimate of drug-likeness (QED) is 0.359. The highest BCUT2D eigenvalue weighted by Gasteiger charge is 2.18. The number of hydrogen-bond donors (Lipinski definition) is 3. The van der Waals surface area contributed by atoms with Gasteiger partial charge in [0.05, 0.1) is 19.8 Å². The Balaban J connectivity index is 1.74. The lowest BCUT2D eigenvalue weighted by Gasteiger charge is -2.29. The lowest BCUT2D eigenvalue weighted by molar-refractivity contribution is 0.174. The molecule has 1 atom stereocenters. The third kappa shape index (κ3) is 6.72. The molecule has 168 valence electrons. The van der Waals surface area contributed by atoms with Crippen LogP contribution in [0.25, 0.3) is 0 Å². The van der Waals surface area contributed by atoms with Crippen LogP contribution in [0.15, 0.2) is 42.5 Å². The lowest BCUT2D eigenvalue weighted by atomic mass is 10.1. The maximum Gasteiger partial charge on any atom is 0.231 e. The van der Waals surface area contributed by atoms with Crippen LogP contribution in [0.2, 0.25) is 0 Å². The second-order valence-corrected chi connectivity index (χ2v) is 7.90. The van der Waals surface area contributed by atoms with Gasteiger partial charge < -0.3 is 35.3 Å². The van der Waals surface area contributed by atoms with Crippen LogP contribution in [0.1, 0.15) is 30.4 Å². The zero-order chi connectivity index (χ0) is 22.1. The molecule has 8 heteroatoms. The minimum Gasteiger partial charge on any atom is -0.497 e. The Kier molecular flexibility index (Phi) is 8.75. The van der Waals surface area contributed by atoms with E-state index in [-0.39, 0.29) is 19.4 Å². The average Bonchev–Trinajstić information content (AvgIpc) is 3.26. The van der Waals surface area contributed by atoms with E-state index in [1.165, 1.54) is 0 Å². The van der Waals surface area contributed by atoms with Gasteiger partial charge in [0, 0.05) is 13.1 Å². The Labute approximate surface area is 189 Å². The first-order valence-electron chi connectivity index (χ1n) is 10.5. The highest BCUT2D eigenvalue weighted by Crippen LogP contribution is 2.33. The van der Waals surface area contributed by atoms with Gasteiger partial charge in [-0.25, -0.2) is 0 Å². The van der Waals surface area contributed by atoms with Crippen LogP contribution in [0.5, 0.6) is 17.2 Å². The molecular weight excluding hydrogens is 414 g/mol. The smallest absolute Gasteiger partial charge is 0.231 e. The summed E-state index contributed by atoms with van der Waals surface area (Å²) in [6.45, 7) is 2.09. The number of nitrogens with two attached hydrogens (primary N) is 1. The normalized spacial score (nSPS) is 13.0. The number of unbranched alkanes of at least 4 members (excludes halogenated alkanes) is 1. The number of thiocarbonyl (C=S) groups is 1. The summed E-state index contributed by atoms with van der Waals surface area (Å²) in [5, 5.41) is 13.7. The molecule has 0 aliphatic carbocycles. The topological polar surface area (TPSA) is 89.2 Å². The number of benzene rings is 2. The van der Waals surface area contributed by atoms with Crippen molar-refractivity contribution in [3.8, 4) is 17.2 Å². The highest BCUT2D eigenvalue weighted by atomic mass is 32.1. The molecule has 1 aliphatic rings. The fraction of sp³-hybridized carbons (Fsp3) is 0.435. The van der Waals surface area contributed by atoms with E-state index >= 15 is 0 Å². The number of nitrogens with one attached hydrogen (secondary N) is 1. The number of rotatable bonds is 11. The van der Waals surface area contributed by atoms with Crippen molar-refractivity contribution in [1.29, 1.82) is 0 Å². The van der Waals surface area contributed by atoms with Gasteiger partial charge in [0.15, 0.2) is 16.6 Å². The van der Waals surface area contributed by atoms with Crippen molar-refractivity contribution in [2.75, 3.05) is 27.1 Å². The molecule has 31 heavy (non-hydrogen) atoms. The Bertz CT molecular complexity index is 864. The van der Waals surface area contributed by atoms with Crippen molar-refractivity contribution in [2.45, 2.75) is 38.4 Å². The number of fused-ring (bicyclic) bond motifs is 1. The molecule has 0 amide bonds. The second kappa shape index (κ2) is 11.7. The van der Waals surface area contributed by atoms with Gasteiger partial charge >= 0.3 is 0 Å². The van der Waals surface area contributed by atoms with Crippen molar-refractivity contribution in [2.24, 2.45) is 5.73 Å². The largest absolute Gasteiger partial charge is 0.497 e. The SMILES string of the molecule is COc1cccc(CN(Cc2ccc3c(c2)OCO3)C(=S)NC(CO)CCCCN)c1. The third-order valence-corrected chi connectivity index (χ3v) is 5.54. The molecule has 0 fully saturated rings. The standard InChI is InChI=1S/C23H31N3O4S/c1-28-20-7-4-5-17(11-20)13-26(23(31)25-19(15-27)6-2-3-10-24)14-18-8-9-21-22(12-18)30-16-29-21/h4-5,7-9,11-12,19,27H,2-3,6,10,13-16,24H2,1H3,(H,25,31). The molecule has 2 aromatic rings. The summed E-state index contributed by atoms with van der Waals surface area (Å²) >= 11 is 5.75. The van der Waals surface area contributed by atoms with E-state index in [0.717, 1.165) is 47.6 Å². The molecule has 2 aromatic carbocycles. The van der Waals surface area contributed by atoms with Crippen LogP contribution in [0, 0.1) is 0 Å². The van der Waals surface area contributed by atoms with Gasteiger partial charge in [0.25, 0.3) is 0 Å². The Morgan fingerprint density at radius 2 is 1.94 bits per heavy atom. The molecule has 1 unspecified atom stereocenters. The Morgan fingerprint density at radius 3 is 2.68 bits per heavy atom. The molecule has 0 saturated heterocycles. The summed E-state index contributed by atoms with van der Waals surface area (Å²) in [5.41, 5.74) is 7.73. The fourth-order valence-corrected chi connectivity index (χ4v) is 3.76. The zero-order valence-corrected chi connectivity index (χ0v) is 18.7. The first-order valence-corrected chi connectivity index (χ1v) is 10.9. The molecule has 0 spiro atoms. The van der Waals surface area contributed by atoms with Gasteiger partial charge in [-0.2, -0.15) is 0 Å². The minimum absolute atomic E-state index is 0.0156. The van der Waals surface area contributed by atoms with Crippen molar-refractivity contribution in [3.63, 3.8) is 0 Å². The predicted octanol–water partition coefficient (Wildman–Crippen LogP) is 2.79. The predicted molar refractivity (Wildman–Crippen MR) is 124 cm³/mol. The summed E-state index contributed by atoms with van der Waals surface area (Å²) in [6.07, 6.45) is 2.68. The highest BCUT2D eigenvalue weighted by molar-refractivity contribution is 7.80. The van der Waals surface area contributed by atoms with E-state index in [1.807, 2.05) is 42.5 Å². The Morgan fingerprint density at radius 1 is 1.16 bits per heavy atom. The first-order chi connectivity index (χ1) is 15.1. The molecule has 0 bridgehead atoms. The fourth-order valence-electron chi connectivity index (χ4n) is 3.46. The molecule has 1 aliphatic heterocycles. The van der Waals surface area contributed by atoms with E-state index in [0.29, 0.717) is 24.7 Å². The number of ether oxygens (including phenoxy) is 3. The molecule has 0 radical (unpaired) electrons. The van der Waals surface area contributed by atoms with Gasteiger partial charge in [0.1, 0.15) is 5.75 Å². The van der Waals surface area contributed by atoms with Gasteiger partial charge in [0.2, 0.25) is 6.79 Å². The number of methoxy groups -OCH3 is 1. The van der Waals surface area contributed by atoms with Gasteiger partial charge in [-0.05, 0) is 67.0 Å². The van der Waals surface area contributed by atoms with Gasteiger partial charge in [-0.3, -0.25) is 0 Å². The monoisotopic (exact) mass is 445 g/mol. The molecular formula is C23H31N3O4S. The number of aliphatic hydroxyl groups is 1. The first kappa shape index (κ1) is 23.1. The van der Waals surface area contributed by atoms with E-state index in [2.05, 4.69) is 10.2 Å². The molecule has 7 nitrogen and oxygen atoms in total. The van der Waals surface area contributed by atoms with E-state index in [1.54, 1.807) is 7.11 Å². The average molecular weight is 446 g/mol. The van der Waals surface area contributed by atoms with Crippen molar-refractivity contribution < 1.29 is 19.3 Å². The van der Waals surface area contributed by atoms with Crippen LogP contribution in [0.3, 0.4) is 0 Å². The molecule has 1 heterocycles. The van der Waals surface area contributed by atoms with Crippen molar-refractivity contribution in [1.82, 2.24) is 10.2 Å². The third-order valence-electron chi connectivity index (χ3n) is 5.16. The van der Waals surface area contributed by atoms with E-state index in [9.17, 15) is 5.11 Å². The zero-order valence-electron chi connectivity index (χ0n) is 17.9. The van der Waals surface area contributed by atoms with Crippen LogP contribution in [0.4, 0.5) is 0 Å². The van der Waals surface area contributed by atoms with Crippen LogP contribution in [-0.2, 0) is 13.1 Å². The van der Waals surface area contributed by atoms with Gasteiger partial charge in [-0.1, -0.05) is 24.6 Å². The minimum atomic E-state index is -0.108. The summed E-state index contributed by atoms with van der Waals surface area (Å²) in [4.78, 5) is 2.08. The maximum atomic E-state index is 9.79. The van der Waals surface area contributed by atoms with Crippen molar-refractivity contribution >= 4 is 17.3 Å². The second-order valence-electron chi connectivity index (χ2n) is 7.51. The number of aliphatic hydroxyl groups excluding tert-OH is 1. The maximum absolute atomic E-state index is 9.79. The van der Waals surface area contributed by atoms with Crippen LogP contribution >= 0.6 is 12.2 Å². The summed E-state index contributed by atoms with van der Waals surface area (Å²) in [6, 6.07) is 13.7. The summed E-state index contributed by atoms with van der Waals surface area (Å²) in [7, 11) is 1.66. The Hall–Kier alpha value is -2.55. The van der Waals surface area contributed by atoms with E-state index in [4.69, 9.17) is 32.2 Å². The van der Waals surface area contributed by atoms with Crippen molar-refractivity contribution in [3.05, 3.63) is 53.6 Å². The van der Waals surface area contributed by atoms with Gasteiger partial charge in [-0.15, -0.1) is 0 Å². The molecule has 0 saturated carbocycles. The molecule has 4 N–H and O–H groups in total. The number of hydrogen-bond acceptors (Lipinski definition) is 6.